The molecule has 0 saturated carbocycles. The molecule has 0 unspecified atom stereocenters. The summed E-state index contributed by atoms with van der Waals surface area (Å²) in [6.07, 6.45) is 1.43. The first-order valence-electron chi connectivity index (χ1n) is 5.87. The van der Waals surface area contributed by atoms with Crippen molar-refractivity contribution in [3.05, 3.63) is 47.9 Å². The number of hydrogen-bond donors (Lipinski definition) is 2. The lowest BCUT2D eigenvalue weighted by Crippen LogP contribution is -2.23. The standard InChI is InChI=1S/C13H13NO6S/c1-19-13(16)11-7-10(4-5-12(11)15)21(17,18)14-8-9-3-2-6-20-9/h2-7,14-15H,8H2,1H3. The topological polar surface area (TPSA) is 106 Å². The van der Waals surface area contributed by atoms with Gasteiger partial charge in [-0.2, -0.15) is 0 Å². The second-order valence-electron chi connectivity index (χ2n) is 4.07. The van der Waals surface area contributed by atoms with Gasteiger partial charge in [0.15, 0.2) is 0 Å². The summed E-state index contributed by atoms with van der Waals surface area (Å²) in [5.41, 5.74) is -0.224. The maximum absolute atomic E-state index is 12.1. The highest BCUT2D eigenvalue weighted by Crippen LogP contribution is 2.22. The molecule has 0 aliphatic carbocycles. The number of benzene rings is 1. The lowest BCUT2D eigenvalue weighted by atomic mass is 10.2. The second kappa shape index (κ2) is 5.98. The van der Waals surface area contributed by atoms with Gasteiger partial charge in [-0.05, 0) is 30.3 Å². The maximum Gasteiger partial charge on any atom is 0.341 e. The minimum absolute atomic E-state index is 0.0240. The summed E-state index contributed by atoms with van der Waals surface area (Å²) in [4.78, 5) is 11.3. The van der Waals surface area contributed by atoms with Crippen LogP contribution >= 0.6 is 0 Å². The van der Waals surface area contributed by atoms with Gasteiger partial charge in [-0.1, -0.05) is 0 Å². The van der Waals surface area contributed by atoms with E-state index in [0.717, 1.165) is 19.2 Å². The number of aromatic hydroxyl groups is 1. The predicted octanol–water partition coefficient (Wildman–Crippen LogP) is 1.25. The zero-order valence-corrected chi connectivity index (χ0v) is 11.9. The molecule has 0 spiro atoms. The lowest BCUT2D eigenvalue weighted by molar-refractivity contribution is 0.0597. The number of phenols is 1. The fraction of sp³-hybridized carbons (Fsp3) is 0.154. The van der Waals surface area contributed by atoms with E-state index in [-0.39, 0.29) is 22.8 Å². The molecule has 0 aliphatic heterocycles. The van der Waals surface area contributed by atoms with E-state index in [2.05, 4.69) is 9.46 Å². The third-order valence-electron chi connectivity index (χ3n) is 2.70. The molecule has 2 rings (SSSR count). The van der Waals surface area contributed by atoms with Crippen LogP contribution < -0.4 is 4.72 Å². The highest BCUT2D eigenvalue weighted by atomic mass is 32.2. The van der Waals surface area contributed by atoms with Crippen molar-refractivity contribution in [1.82, 2.24) is 4.72 Å². The van der Waals surface area contributed by atoms with E-state index >= 15 is 0 Å². The fourth-order valence-electron chi connectivity index (χ4n) is 1.62. The van der Waals surface area contributed by atoms with Gasteiger partial charge in [0, 0.05) is 0 Å². The number of carbonyl (C=O) groups excluding carboxylic acids is 1. The Kier molecular flexibility index (Phi) is 4.29. The van der Waals surface area contributed by atoms with Crippen LogP contribution in [0.25, 0.3) is 0 Å². The van der Waals surface area contributed by atoms with E-state index in [1.54, 1.807) is 12.1 Å². The van der Waals surface area contributed by atoms with Crippen LogP contribution in [0.3, 0.4) is 0 Å². The number of sulfonamides is 1. The number of ether oxygens (including phenoxy) is 1. The summed E-state index contributed by atoms with van der Waals surface area (Å²) < 4.78 is 36.1. The number of methoxy groups -OCH3 is 1. The predicted molar refractivity (Wildman–Crippen MR) is 72.2 cm³/mol. The number of esters is 1. The van der Waals surface area contributed by atoms with Crippen molar-refractivity contribution in [2.45, 2.75) is 11.4 Å². The molecular formula is C13H13NO6S. The minimum atomic E-state index is -3.85. The van der Waals surface area contributed by atoms with Crippen LogP contribution in [0.4, 0.5) is 0 Å². The minimum Gasteiger partial charge on any atom is -0.507 e. The van der Waals surface area contributed by atoms with Crippen LogP contribution in [0.2, 0.25) is 0 Å². The van der Waals surface area contributed by atoms with Gasteiger partial charge in [0.05, 0.1) is 24.8 Å². The average Bonchev–Trinajstić information content (AvgIpc) is 2.98. The molecule has 0 atom stereocenters. The molecule has 2 aromatic rings. The van der Waals surface area contributed by atoms with Crippen molar-refractivity contribution in [3.8, 4) is 5.75 Å². The van der Waals surface area contributed by atoms with Crippen LogP contribution in [-0.4, -0.2) is 26.6 Å². The fourth-order valence-corrected chi connectivity index (χ4v) is 2.64. The molecule has 0 amide bonds. The Morgan fingerprint density at radius 3 is 2.76 bits per heavy atom. The molecule has 1 aromatic heterocycles. The number of rotatable bonds is 5. The molecular weight excluding hydrogens is 298 g/mol. The number of furan rings is 1. The van der Waals surface area contributed by atoms with Gasteiger partial charge in [0.25, 0.3) is 0 Å². The van der Waals surface area contributed by atoms with E-state index in [1.807, 2.05) is 0 Å². The highest BCUT2D eigenvalue weighted by molar-refractivity contribution is 7.89. The first kappa shape index (κ1) is 15.1. The van der Waals surface area contributed by atoms with Crippen LogP contribution in [-0.2, 0) is 21.3 Å². The molecule has 112 valence electrons. The Labute approximate surface area is 121 Å². The Bertz CT molecular complexity index is 736. The van der Waals surface area contributed by atoms with Crippen molar-refractivity contribution in [1.29, 1.82) is 0 Å². The molecule has 1 aromatic carbocycles. The molecule has 2 N–H and O–H groups in total. The van der Waals surface area contributed by atoms with Crippen LogP contribution in [0, 0.1) is 0 Å². The second-order valence-corrected chi connectivity index (χ2v) is 5.84. The van der Waals surface area contributed by atoms with E-state index in [1.165, 1.54) is 12.3 Å². The van der Waals surface area contributed by atoms with Crippen LogP contribution in [0.1, 0.15) is 16.1 Å². The van der Waals surface area contributed by atoms with E-state index < -0.39 is 16.0 Å². The number of phenolic OH excluding ortho intramolecular Hbond substituents is 1. The molecule has 7 nitrogen and oxygen atoms in total. The molecule has 21 heavy (non-hydrogen) atoms. The first-order valence-corrected chi connectivity index (χ1v) is 7.36. The Morgan fingerprint density at radius 2 is 2.14 bits per heavy atom. The Hall–Kier alpha value is -2.32. The van der Waals surface area contributed by atoms with E-state index in [9.17, 15) is 18.3 Å². The van der Waals surface area contributed by atoms with Gasteiger partial charge in [0.2, 0.25) is 10.0 Å². The summed E-state index contributed by atoms with van der Waals surface area (Å²) in [6, 6.07) is 6.62. The number of hydrogen-bond acceptors (Lipinski definition) is 6. The Morgan fingerprint density at radius 1 is 1.38 bits per heavy atom. The summed E-state index contributed by atoms with van der Waals surface area (Å²) >= 11 is 0. The monoisotopic (exact) mass is 311 g/mol. The molecule has 0 fully saturated rings. The highest BCUT2D eigenvalue weighted by Gasteiger charge is 2.19. The van der Waals surface area contributed by atoms with Crippen molar-refractivity contribution in [3.63, 3.8) is 0 Å². The van der Waals surface area contributed by atoms with E-state index in [4.69, 9.17) is 4.42 Å². The quantitative estimate of drug-likeness (QED) is 0.805. The third-order valence-corrected chi connectivity index (χ3v) is 4.10. The van der Waals surface area contributed by atoms with Gasteiger partial charge in [-0.3, -0.25) is 0 Å². The molecule has 0 radical (unpaired) electrons. The zero-order valence-electron chi connectivity index (χ0n) is 11.1. The SMILES string of the molecule is COC(=O)c1cc(S(=O)(=O)NCc2ccco2)ccc1O. The van der Waals surface area contributed by atoms with Crippen molar-refractivity contribution in [2.75, 3.05) is 7.11 Å². The number of carbonyl (C=O) groups is 1. The summed E-state index contributed by atoms with van der Waals surface area (Å²) in [5, 5.41) is 9.55. The number of nitrogens with one attached hydrogen (secondary N) is 1. The zero-order chi connectivity index (χ0) is 15.5. The molecule has 1 heterocycles. The van der Waals surface area contributed by atoms with Gasteiger partial charge in [-0.25, -0.2) is 17.9 Å². The molecule has 0 aliphatic rings. The largest absolute Gasteiger partial charge is 0.507 e. The summed E-state index contributed by atoms with van der Waals surface area (Å²) in [6.45, 7) is -0.0240. The summed E-state index contributed by atoms with van der Waals surface area (Å²) in [7, 11) is -2.71. The smallest absolute Gasteiger partial charge is 0.341 e. The Balaban J connectivity index is 2.25. The van der Waals surface area contributed by atoms with Crippen molar-refractivity contribution < 1.29 is 27.5 Å². The van der Waals surface area contributed by atoms with Crippen LogP contribution in [0.5, 0.6) is 5.75 Å². The molecule has 0 bridgehead atoms. The average molecular weight is 311 g/mol. The first-order chi connectivity index (χ1) is 9.94. The normalized spacial score (nSPS) is 11.3. The van der Waals surface area contributed by atoms with Gasteiger partial charge in [0.1, 0.15) is 17.1 Å². The molecule has 0 saturated heterocycles. The lowest BCUT2D eigenvalue weighted by Gasteiger charge is -2.08. The van der Waals surface area contributed by atoms with E-state index in [0.29, 0.717) is 5.76 Å². The van der Waals surface area contributed by atoms with Gasteiger partial charge < -0.3 is 14.3 Å². The van der Waals surface area contributed by atoms with Crippen molar-refractivity contribution in [2.24, 2.45) is 0 Å². The van der Waals surface area contributed by atoms with Gasteiger partial charge >= 0.3 is 5.97 Å². The molecule has 8 heteroatoms. The van der Waals surface area contributed by atoms with Gasteiger partial charge in [-0.15, -0.1) is 0 Å². The third kappa shape index (κ3) is 3.41. The maximum atomic E-state index is 12.1. The van der Waals surface area contributed by atoms with Crippen molar-refractivity contribution >= 4 is 16.0 Å². The van der Waals surface area contributed by atoms with Crippen LogP contribution in [0.15, 0.2) is 45.9 Å². The summed E-state index contributed by atoms with van der Waals surface area (Å²) in [5.74, 6) is -0.729.